The smallest absolute Gasteiger partial charge is 0.244 e. The van der Waals surface area contributed by atoms with Gasteiger partial charge in [-0.15, -0.1) is 0 Å². The highest BCUT2D eigenvalue weighted by Crippen LogP contribution is 2.20. The molecule has 2 heterocycles. The zero-order chi connectivity index (χ0) is 19.2. The first kappa shape index (κ1) is 21.0. The Morgan fingerprint density at radius 3 is 2.35 bits per heavy atom. The van der Waals surface area contributed by atoms with Crippen molar-refractivity contribution in [2.75, 3.05) is 45.8 Å². The van der Waals surface area contributed by atoms with Crippen LogP contribution in [0.1, 0.15) is 47.5 Å². The Balaban J connectivity index is 1.89. The summed E-state index contributed by atoms with van der Waals surface area (Å²) >= 11 is 0. The number of nitrogens with one attached hydrogen (secondary N) is 2. The summed E-state index contributed by atoms with van der Waals surface area (Å²) in [6, 6.07) is 0. The summed E-state index contributed by atoms with van der Waals surface area (Å²) in [5.41, 5.74) is -0.0263. The monoisotopic (exact) mass is 367 g/mol. The lowest BCUT2D eigenvalue weighted by Gasteiger charge is -2.45. The van der Waals surface area contributed by atoms with Gasteiger partial charge in [-0.1, -0.05) is 0 Å². The number of carbonyl (C=O) groups excluding carboxylic acids is 1. The van der Waals surface area contributed by atoms with Gasteiger partial charge >= 0.3 is 0 Å². The second-order valence-corrected chi connectivity index (χ2v) is 8.11. The van der Waals surface area contributed by atoms with E-state index in [0.29, 0.717) is 5.96 Å². The molecule has 0 aliphatic carbocycles. The van der Waals surface area contributed by atoms with E-state index in [-0.39, 0.29) is 30.2 Å². The van der Waals surface area contributed by atoms with E-state index >= 15 is 0 Å². The van der Waals surface area contributed by atoms with Crippen molar-refractivity contribution in [3.63, 3.8) is 0 Å². The normalized spacial score (nSPS) is 25.4. The van der Waals surface area contributed by atoms with Crippen LogP contribution < -0.4 is 10.6 Å². The van der Waals surface area contributed by atoms with Gasteiger partial charge in [0.15, 0.2) is 5.96 Å². The number of hydrogen-bond donors (Lipinski definition) is 2. The molecular formula is C19H37N5O2. The van der Waals surface area contributed by atoms with Crippen LogP contribution in [0.3, 0.4) is 0 Å². The van der Waals surface area contributed by atoms with Gasteiger partial charge in [-0.2, -0.15) is 0 Å². The minimum absolute atomic E-state index is 0.0263. The highest BCUT2D eigenvalue weighted by atomic mass is 16.5. The highest BCUT2D eigenvalue weighted by Gasteiger charge is 2.33. The summed E-state index contributed by atoms with van der Waals surface area (Å²) in [5, 5.41) is 6.67. The van der Waals surface area contributed by atoms with Gasteiger partial charge in [0.05, 0.1) is 12.2 Å². The second kappa shape index (κ2) is 9.55. The Kier molecular flexibility index (Phi) is 7.70. The van der Waals surface area contributed by atoms with Gasteiger partial charge < -0.3 is 20.3 Å². The van der Waals surface area contributed by atoms with Crippen LogP contribution >= 0.6 is 0 Å². The Bertz CT molecular complexity index is 478. The fourth-order valence-corrected chi connectivity index (χ4v) is 3.64. The van der Waals surface area contributed by atoms with E-state index in [0.717, 1.165) is 52.1 Å². The maximum atomic E-state index is 12.2. The van der Waals surface area contributed by atoms with Crippen LogP contribution in [0, 0.1) is 0 Å². The number of rotatable bonds is 6. The number of ether oxygens (including phenoxy) is 1. The Morgan fingerprint density at radius 1 is 1.15 bits per heavy atom. The molecule has 2 unspecified atom stereocenters. The molecule has 2 aliphatic rings. The zero-order valence-electron chi connectivity index (χ0n) is 17.2. The van der Waals surface area contributed by atoms with Gasteiger partial charge in [0.25, 0.3) is 0 Å². The molecule has 2 saturated heterocycles. The number of morpholine rings is 1. The van der Waals surface area contributed by atoms with Crippen molar-refractivity contribution < 1.29 is 9.53 Å². The van der Waals surface area contributed by atoms with Crippen LogP contribution in [0.5, 0.6) is 0 Å². The molecule has 2 aliphatic heterocycles. The van der Waals surface area contributed by atoms with Gasteiger partial charge in [0.2, 0.25) is 5.91 Å². The maximum Gasteiger partial charge on any atom is 0.244 e. The number of nitrogens with zero attached hydrogens (tertiary/aromatic N) is 3. The Labute approximate surface area is 158 Å². The van der Waals surface area contributed by atoms with Crippen LogP contribution in [0.15, 0.2) is 4.99 Å². The predicted molar refractivity (Wildman–Crippen MR) is 105 cm³/mol. The van der Waals surface area contributed by atoms with Crippen molar-refractivity contribution in [1.82, 2.24) is 20.4 Å². The molecule has 2 N–H and O–H groups in total. The summed E-state index contributed by atoms with van der Waals surface area (Å²) in [6.07, 6.45) is 2.72. The van der Waals surface area contributed by atoms with Gasteiger partial charge in [0.1, 0.15) is 6.54 Å². The number of amides is 1. The second-order valence-electron chi connectivity index (χ2n) is 8.11. The first-order chi connectivity index (χ1) is 12.3. The van der Waals surface area contributed by atoms with Crippen molar-refractivity contribution in [2.24, 2.45) is 4.99 Å². The highest BCUT2D eigenvalue weighted by molar-refractivity contribution is 5.85. The summed E-state index contributed by atoms with van der Waals surface area (Å²) in [5.74, 6) is 0.831. The molecule has 7 heteroatoms. The molecule has 0 saturated carbocycles. The molecule has 7 nitrogen and oxygen atoms in total. The van der Waals surface area contributed by atoms with Crippen molar-refractivity contribution in [3.8, 4) is 0 Å². The average Bonchev–Trinajstić information content (AvgIpc) is 3.11. The van der Waals surface area contributed by atoms with Crippen molar-refractivity contribution in [2.45, 2.75) is 65.2 Å². The van der Waals surface area contributed by atoms with Gasteiger partial charge in [0, 0.05) is 44.8 Å². The van der Waals surface area contributed by atoms with Gasteiger partial charge in [-0.05, 0) is 47.5 Å². The number of aliphatic imine (C=N–C) groups is 1. The molecule has 1 amide bonds. The van der Waals surface area contributed by atoms with E-state index in [9.17, 15) is 4.79 Å². The third kappa shape index (κ3) is 6.13. The standard InChI is InChI=1S/C19H37N5O2/c1-6-20-18(21-11-17(25)23-9-7-8-10-23)22-14-19(4,5)24-12-15(2)26-16(3)13-24/h15-16H,6-14H2,1-5H3,(H2,20,21,22). The molecule has 0 aromatic heterocycles. The number of carbonyl (C=O) groups is 1. The van der Waals surface area contributed by atoms with Crippen LogP contribution in [-0.2, 0) is 9.53 Å². The quantitative estimate of drug-likeness (QED) is 0.543. The minimum atomic E-state index is -0.0263. The van der Waals surface area contributed by atoms with E-state index in [2.05, 4.69) is 48.2 Å². The van der Waals surface area contributed by atoms with E-state index in [1.807, 2.05) is 11.8 Å². The van der Waals surface area contributed by atoms with Crippen molar-refractivity contribution >= 4 is 11.9 Å². The van der Waals surface area contributed by atoms with Crippen molar-refractivity contribution in [3.05, 3.63) is 0 Å². The van der Waals surface area contributed by atoms with Crippen LogP contribution in [0.25, 0.3) is 0 Å². The lowest BCUT2D eigenvalue weighted by molar-refractivity contribution is -0.128. The van der Waals surface area contributed by atoms with Gasteiger partial charge in [-0.3, -0.25) is 9.69 Å². The number of likely N-dealkylation sites (tertiary alicyclic amines) is 1. The lowest BCUT2D eigenvalue weighted by Crippen LogP contribution is -2.59. The lowest BCUT2D eigenvalue weighted by atomic mass is 10.00. The van der Waals surface area contributed by atoms with Crippen LogP contribution in [0.2, 0.25) is 0 Å². The molecule has 0 aromatic rings. The molecule has 2 fully saturated rings. The van der Waals surface area contributed by atoms with E-state index in [4.69, 9.17) is 4.74 Å². The van der Waals surface area contributed by atoms with Crippen LogP contribution in [-0.4, -0.2) is 85.2 Å². The van der Waals surface area contributed by atoms with E-state index in [1.54, 1.807) is 0 Å². The third-order valence-corrected chi connectivity index (χ3v) is 5.14. The van der Waals surface area contributed by atoms with Crippen molar-refractivity contribution in [1.29, 1.82) is 0 Å². The summed E-state index contributed by atoms with van der Waals surface area (Å²) in [4.78, 5) is 21.1. The Hall–Kier alpha value is -1.34. The topological polar surface area (TPSA) is 69.2 Å². The first-order valence-corrected chi connectivity index (χ1v) is 10.0. The average molecular weight is 368 g/mol. The largest absolute Gasteiger partial charge is 0.373 e. The zero-order valence-corrected chi connectivity index (χ0v) is 17.2. The SMILES string of the molecule is CCNC(=NCC(=O)N1CCCC1)NCC(C)(C)N1CC(C)OC(C)C1. The fourth-order valence-electron chi connectivity index (χ4n) is 3.64. The summed E-state index contributed by atoms with van der Waals surface area (Å²) in [7, 11) is 0. The summed E-state index contributed by atoms with van der Waals surface area (Å²) in [6.45, 7) is 16.1. The third-order valence-electron chi connectivity index (χ3n) is 5.14. The molecule has 150 valence electrons. The molecule has 0 bridgehead atoms. The molecule has 0 radical (unpaired) electrons. The van der Waals surface area contributed by atoms with E-state index < -0.39 is 0 Å². The predicted octanol–water partition coefficient (Wildman–Crippen LogP) is 1.05. The number of guanidine groups is 1. The molecule has 26 heavy (non-hydrogen) atoms. The molecule has 0 aromatic carbocycles. The molecule has 2 atom stereocenters. The Morgan fingerprint density at radius 2 is 1.77 bits per heavy atom. The molecule has 2 rings (SSSR count). The minimum Gasteiger partial charge on any atom is -0.373 e. The van der Waals surface area contributed by atoms with Gasteiger partial charge in [-0.25, -0.2) is 4.99 Å². The van der Waals surface area contributed by atoms with Crippen LogP contribution in [0.4, 0.5) is 0 Å². The van der Waals surface area contributed by atoms with E-state index in [1.165, 1.54) is 0 Å². The summed E-state index contributed by atoms with van der Waals surface area (Å²) < 4.78 is 5.85. The maximum absolute atomic E-state index is 12.2. The first-order valence-electron chi connectivity index (χ1n) is 10.0. The molecule has 0 spiro atoms. The number of hydrogen-bond acceptors (Lipinski definition) is 4. The molecular weight excluding hydrogens is 330 g/mol. The fraction of sp³-hybridized carbons (Fsp3) is 0.895.